The first-order valence-corrected chi connectivity index (χ1v) is 14.2. The number of hydrogen-bond donors (Lipinski definition) is 2. The number of ether oxygens (including phenoxy) is 1. The highest BCUT2D eigenvalue weighted by atomic mass is 32.2. The molecule has 2 aliphatic rings. The van der Waals surface area contributed by atoms with Gasteiger partial charge in [0.15, 0.2) is 5.82 Å². The van der Waals surface area contributed by atoms with Crippen LogP contribution in [-0.4, -0.2) is 97.9 Å². The van der Waals surface area contributed by atoms with E-state index in [9.17, 15) is 19.5 Å². The second kappa shape index (κ2) is 10.8. The molecule has 5 rings (SSSR count). The van der Waals surface area contributed by atoms with E-state index in [4.69, 9.17) is 4.74 Å². The summed E-state index contributed by atoms with van der Waals surface area (Å²) in [7, 11) is 1.32. The zero-order chi connectivity index (χ0) is 26.9. The lowest BCUT2D eigenvalue weighted by atomic mass is 9.98. The van der Waals surface area contributed by atoms with Crippen LogP contribution in [0.5, 0.6) is 0 Å². The lowest BCUT2D eigenvalue weighted by molar-refractivity contribution is -0.192. The van der Waals surface area contributed by atoms with Crippen LogP contribution in [0.1, 0.15) is 17.6 Å². The first-order chi connectivity index (χ1) is 18.4. The molecule has 2 aliphatic heterocycles. The van der Waals surface area contributed by atoms with E-state index in [1.165, 1.54) is 51.6 Å². The van der Waals surface area contributed by atoms with E-state index >= 15 is 0 Å². The van der Waals surface area contributed by atoms with Crippen LogP contribution in [0.4, 0.5) is 0 Å². The van der Waals surface area contributed by atoms with Gasteiger partial charge in [0, 0.05) is 30.0 Å². The third-order valence-corrected chi connectivity index (χ3v) is 9.24. The Bertz CT molecular complexity index is 1390. The number of methoxy groups -OCH3 is 1. The van der Waals surface area contributed by atoms with Crippen molar-refractivity contribution >= 4 is 52.6 Å². The normalized spacial score (nSPS) is 20.8. The molecule has 0 spiro atoms. The van der Waals surface area contributed by atoms with Gasteiger partial charge in [0.2, 0.25) is 11.1 Å². The predicted molar refractivity (Wildman–Crippen MR) is 135 cm³/mol. The summed E-state index contributed by atoms with van der Waals surface area (Å²) < 4.78 is 8.65. The van der Waals surface area contributed by atoms with Gasteiger partial charge in [0.1, 0.15) is 17.6 Å². The monoisotopic (exact) mass is 578 g/mol. The minimum absolute atomic E-state index is 0.0936. The van der Waals surface area contributed by atoms with Gasteiger partial charge in [-0.25, -0.2) is 14.2 Å². The molecule has 0 aliphatic carbocycles. The molecule has 18 heteroatoms. The Balaban J connectivity index is 1.31. The lowest BCUT2D eigenvalue weighted by Crippen LogP contribution is -2.80. The van der Waals surface area contributed by atoms with Crippen molar-refractivity contribution < 1.29 is 24.2 Å². The smallest absolute Gasteiger partial charge is 0.352 e. The van der Waals surface area contributed by atoms with Gasteiger partial charge >= 0.3 is 5.97 Å². The van der Waals surface area contributed by atoms with Crippen molar-refractivity contribution in [3.05, 3.63) is 39.5 Å². The number of rotatable bonds is 11. The first kappa shape index (κ1) is 26.3. The molecule has 3 aromatic rings. The number of fused-ring (bicyclic) bond motifs is 1. The second-order valence-corrected chi connectivity index (χ2v) is 11.2. The van der Waals surface area contributed by atoms with Crippen LogP contribution in [0.3, 0.4) is 0 Å². The van der Waals surface area contributed by atoms with Gasteiger partial charge in [-0.3, -0.25) is 14.5 Å². The molecule has 0 saturated carbocycles. The Kier molecular flexibility index (Phi) is 7.46. The number of aryl methyl sites for hydroxylation is 1. The molecule has 200 valence electrons. The summed E-state index contributed by atoms with van der Waals surface area (Å²) >= 11 is 3.99. The number of thiophene rings is 1. The Morgan fingerprint density at radius 2 is 2.08 bits per heavy atom. The first-order valence-electron chi connectivity index (χ1n) is 11.3. The topological polar surface area (TPSA) is 183 Å². The van der Waals surface area contributed by atoms with Crippen molar-refractivity contribution in [2.75, 3.05) is 18.6 Å². The number of thioether (sulfide) groups is 2. The molecule has 2 atom stereocenters. The molecule has 1 saturated heterocycles. The number of aromatic nitrogens is 8. The molecule has 0 aromatic carbocycles. The van der Waals surface area contributed by atoms with E-state index < -0.39 is 23.0 Å². The minimum atomic E-state index is -1.63. The maximum Gasteiger partial charge on any atom is 0.352 e. The molecule has 3 aromatic heterocycles. The number of aliphatic carboxylic acids is 1. The maximum absolute atomic E-state index is 13.3. The molecule has 15 nitrogen and oxygen atoms in total. The van der Waals surface area contributed by atoms with E-state index in [0.29, 0.717) is 28.9 Å². The Morgan fingerprint density at radius 1 is 1.29 bits per heavy atom. The van der Waals surface area contributed by atoms with E-state index in [-0.39, 0.29) is 30.3 Å². The van der Waals surface area contributed by atoms with Crippen LogP contribution in [-0.2, 0) is 38.6 Å². The average Bonchev–Trinajstić information content (AvgIpc) is 3.68. The number of amides is 2. The number of β-lactam (4-membered cyclic amide) rings is 1. The highest BCUT2D eigenvalue weighted by Crippen LogP contribution is 2.47. The number of carboxylic acids is 1. The maximum atomic E-state index is 13.3. The van der Waals surface area contributed by atoms with Gasteiger partial charge in [0.05, 0.1) is 6.42 Å². The van der Waals surface area contributed by atoms with Crippen LogP contribution in [0, 0.1) is 0 Å². The van der Waals surface area contributed by atoms with Crippen molar-refractivity contribution in [2.24, 2.45) is 0 Å². The Labute approximate surface area is 228 Å². The van der Waals surface area contributed by atoms with Crippen LogP contribution in [0.2, 0.25) is 0 Å². The summed E-state index contributed by atoms with van der Waals surface area (Å²) in [6, 6.07) is 3.66. The molecule has 1 fully saturated rings. The molecular formula is C20H22N10O5S3. The number of nitrogens with one attached hydrogen (secondary N) is 1. The summed E-state index contributed by atoms with van der Waals surface area (Å²) in [5.41, 5.74) is -1.23. The molecule has 0 bridgehead atoms. The zero-order valence-electron chi connectivity index (χ0n) is 20.2. The summed E-state index contributed by atoms with van der Waals surface area (Å²) in [6.07, 6.45) is 0.0936. The summed E-state index contributed by atoms with van der Waals surface area (Å²) in [5.74, 6) is -1.14. The fourth-order valence-electron chi connectivity index (χ4n) is 4.14. The molecular weight excluding hydrogens is 556 g/mol. The van der Waals surface area contributed by atoms with E-state index in [1.54, 1.807) is 4.68 Å². The third-order valence-electron chi connectivity index (χ3n) is 5.95. The lowest BCUT2D eigenvalue weighted by Gasteiger charge is -2.55. The molecule has 2 N–H and O–H groups in total. The van der Waals surface area contributed by atoms with Crippen molar-refractivity contribution in [3.63, 3.8) is 0 Å². The zero-order valence-corrected chi connectivity index (χ0v) is 22.6. The Hall–Kier alpha value is -3.35. The molecule has 38 heavy (non-hydrogen) atoms. The number of hydrogen-bond acceptors (Lipinski definition) is 13. The summed E-state index contributed by atoms with van der Waals surface area (Å²) in [4.78, 5) is 40.2. The number of carboxylic acid groups (broad SMARTS) is 1. The van der Waals surface area contributed by atoms with Gasteiger partial charge < -0.3 is 15.2 Å². The number of tetrazole rings is 2. The minimum Gasteiger partial charge on any atom is -0.477 e. The van der Waals surface area contributed by atoms with E-state index in [0.717, 1.165) is 4.88 Å². The van der Waals surface area contributed by atoms with Gasteiger partial charge in [-0.05, 0) is 44.8 Å². The molecule has 2 amide bonds. The van der Waals surface area contributed by atoms with Crippen molar-refractivity contribution in [1.82, 2.24) is 50.6 Å². The number of carbonyl (C=O) groups is 3. The van der Waals surface area contributed by atoms with Crippen LogP contribution >= 0.6 is 34.9 Å². The fourth-order valence-corrected chi connectivity index (χ4v) is 7.30. The Morgan fingerprint density at radius 3 is 2.79 bits per heavy atom. The standard InChI is InChI=1S/C20H22N10O5S3/c1-3-28-13(22-24-26-28)8-29-19(23-25-27-29)38-10-11-9-37-18-20(35-2,17(34)30(18)15(11)16(32)33)21-14(31)7-12-5-4-6-36-12/h4-6,18H,3,7-10H2,1-2H3,(H,21,31)(H,32,33)/t18-,20+/m1/s1. The SMILES string of the molecule is CCn1nnnc1Cn1nnnc1SCC1=C(C(=O)O)N2C(=O)[C@](NC(=O)Cc3cccs3)(OC)[C@H]2SC1. The average molecular weight is 579 g/mol. The molecule has 0 unspecified atom stereocenters. The summed E-state index contributed by atoms with van der Waals surface area (Å²) in [6.45, 7) is 2.74. The van der Waals surface area contributed by atoms with Gasteiger partial charge in [-0.2, -0.15) is 0 Å². The van der Waals surface area contributed by atoms with Crippen molar-refractivity contribution in [2.45, 2.75) is 42.7 Å². The van der Waals surface area contributed by atoms with E-state index in [1.807, 2.05) is 24.4 Å². The van der Waals surface area contributed by atoms with Gasteiger partial charge in [0.25, 0.3) is 11.6 Å². The van der Waals surface area contributed by atoms with Crippen LogP contribution < -0.4 is 5.32 Å². The number of nitrogens with zero attached hydrogens (tertiary/aromatic N) is 9. The van der Waals surface area contributed by atoms with Crippen LogP contribution in [0.25, 0.3) is 0 Å². The fraction of sp³-hybridized carbons (Fsp3) is 0.450. The predicted octanol–water partition coefficient (Wildman–Crippen LogP) is -0.163. The van der Waals surface area contributed by atoms with Crippen LogP contribution in [0.15, 0.2) is 33.9 Å². The molecule has 0 radical (unpaired) electrons. The largest absolute Gasteiger partial charge is 0.477 e. The highest BCUT2D eigenvalue weighted by Gasteiger charge is 2.66. The van der Waals surface area contributed by atoms with Crippen molar-refractivity contribution in [1.29, 1.82) is 0 Å². The number of carbonyl (C=O) groups excluding carboxylic acids is 2. The van der Waals surface area contributed by atoms with Gasteiger partial charge in [-0.15, -0.1) is 33.3 Å². The molecule has 5 heterocycles. The highest BCUT2D eigenvalue weighted by molar-refractivity contribution is 8.01. The third kappa shape index (κ3) is 4.67. The van der Waals surface area contributed by atoms with E-state index in [2.05, 4.69) is 36.4 Å². The second-order valence-electron chi connectivity index (χ2n) is 8.16. The summed E-state index contributed by atoms with van der Waals surface area (Å²) in [5, 5.41) is 37.6. The quantitative estimate of drug-likeness (QED) is 0.174. The van der Waals surface area contributed by atoms with Gasteiger partial charge in [-0.1, -0.05) is 17.8 Å². The van der Waals surface area contributed by atoms with Crippen molar-refractivity contribution in [3.8, 4) is 0 Å².